The number of aromatic nitrogens is 4. The fourth-order valence-corrected chi connectivity index (χ4v) is 1.77. The average Bonchev–Trinajstić information content (AvgIpc) is 2.57. The Balaban J connectivity index is 2.40. The highest BCUT2D eigenvalue weighted by Gasteiger charge is 2.30. The molecule has 2 aromatic heterocycles. The van der Waals surface area contributed by atoms with Crippen LogP contribution in [0.15, 0.2) is 17.4 Å². The third-order valence-corrected chi connectivity index (χ3v) is 2.76. The summed E-state index contributed by atoms with van der Waals surface area (Å²) in [6, 6.07) is 1.28. The van der Waals surface area contributed by atoms with Gasteiger partial charge in [0, 0.05) is 23.2 Å². The van der Waals surface area contributed by atoms with Crippen molar-refractivity contribution in [3.05, 3.63) is 18.2 Å². The van der Waals surface area contributed by atoms with Gasteiger partial charge < -0.3 is 0 Å². The molecule has 0 fully saturated rings. The van der Waals surface area contributed by atoms with Gasteiger partial charge in [0.15, 0.2) is 11.5 Å². The largest absolute Gasteiger partial charge is 0.447 e. The molecule has 0 N–H and O–H groups in total. The Morgan fingerprint density at radius 1 is 1.22 bits per heavy atom. The van der Waals surface area contributed by atoms with E-state index in [9.17, 15) is 13.2 Å². The number of hydrogen-bond acceptors (Lipinski definition) is 4. The summed E-state index contributed by atoms with van der Waals surface area (Å²) < 4.78 is 38.0. The zero-order valence-corrected chi connectivity index (χ0v) is 10.8. The molecule has 4 nitrogen and oxygen atoms in total. The molecule has 0 aliphatic rings. The maximum atomic E-state index is 12.2. The molecule has 0 aliphatic carbocycles. The molecule has 0 aromatic carbocycles. The van der Waals surface area contributed by atoms with E-state index in [1.165, 1.54) is 16.9 Å². The van der Waals surface area contributed by atoms with Gasteiger partial charge in [-0.3, -0.25) is 0 Å². The Morgan fingerprint density at radius 2 is 1.89 bits per heavy atom. The van der Waals surface area contributed by atoms with Gasteiger partial charge in [0.25, 0.3) is 0 Å². The fourth-order valence-electron chi connectivity index (χ4n) is 1.27. The number of alkyl halides is 3. The van der Waals surface area contributed by atoms with Crippen LogP contribution in [0.1, 0.15) is 26.6 Å². The number of hydrogen-bond donors (Lipinski definition) is 0. The summed E-state index contributed by atoms with van der Waals surface area (Å²) in [6.45, 7) is 5.79. The van der Waals surface area contributed by atoms with Crippen LogP contribution in [-0.4, -0.2) is 25.1 Å². The van der Waals surface area contributed by atoms with Gasteiger partial charge in [-0.05, 0) is 0 Å². The highest BCUT2D eigenvalue weighted by molar-refractivity contribution is 8.00. The lowest BCUT2D eigenvalue weighted by Crippen LogP contribution is -2.13. The van der Waals surface area contributed by atoms with Crippen molar-refractivity contribution in [2.75, 3.05) is 0 Å². The molecule has 0 radical (unpaired) electrons. The first kappa shape index (κ1) is 13.1. The highest BCUT2D eigenvalue weighted by Crippen LogP contribution is 2.35. The van der Waals surface area contributed by atoms with Crippen molar-refractivity contribution in [1.82, 2.24) is 19.6 Å². The minimum absolute atomic E-state index is 0.136. The quantitative estimate of drug-likeness (QED) is 0.593. The number of fused-ring (bicyclic) bond motifs is 1. The van der Waals surface area contributed by atoms with Crippen molar-refractivity contribution in [2.45, 2.75) is 36.7 Å². The lowest BCUT2D eigenvalue weighted by Gasteiger charge is -2.11. The normalized spacial score (nSPS) is 13.2. The van der Waals surface area contributed by atoms with Gasteiger partial charge in [0.2, 0.25) is 0 Å². The molecule has 0 unspecified atom stereocenters. The molecule has 0 bridgehead atoms. The van der Waals surface area contributed by atoms with Crippen LogP contribution in [0.5, 0.6) is 0 Å². The molecule has 0 amide bonds. The van der Waals surface area contributed by atoms with Crippen LogP contribution in [0.2, 0.25) is 0 Å². The Labute approximate surface area is 106 Å². The van der Waals surface area contributed by atoms with Crippen molar-refractivity contribution < 1.29 is 13.2 Å². The van der Waals surface area contributed by atoms with Crippen molar-refractivity contribution in [1.29, 1.82) is 0 Å². The maximum Gasteiger partial charge on any atom is 0.447 e. The molecule has 2 heterocycles. The first-order chi connectivity index (χ1) is 8.15. The van der Waals surface area contributed by atoms with E-state index in [1.807, 2.05) is 20.8 Å². The third-order valence-electron chi connectivity index (χ3n) is 2.10. The summed E-state index contributed by atoms with van der Waals surface area (Å²) in [5.41, 5.74) is -4.25. The first-order valence-corrected chi connectivity index (χ1v) is 5.95. The van der Waals surface area contributed by atoms with E-state index in [0.717, 1.165) is 0 Å². The zero-order valence-electron chi connectivity index (χ0n) is 9.99. The van der Waals surface area contributed by atoms with Gasteiger partial charge in [-0.25, -0.2) is 14.5 Å². The van der Waals surface area contributed by atoms with E-state index < -0.39 is 5.51 Å². The topological polar surface area (TPSA) is 43.1 Å². The standard InChI is InChI=1S/C10H11F3N4S/c1-9(2,3)8-15-6-4-7(18-10(11,12)13)14-5-17(6)16-8/h4-5H,1-3H3. The summed E-state index contributed by atoms with van der Waals surface area (Å²) in [5.74, 6) is 0.568. The Morgan fingerprint density at radius 3 is 2.44 bits per heavy atom. The second kappa shape index (κ2) is 4.11. The molecule has 0 spiro atoms. The van der Waals surface area contributed by atoms with E-state index >= 15 is 0 Å². The predicted molar refractivity (Wildman–Crippen MR) is 61.4 cm³/mol. The smallest absolute Gasteiger partial charge is 0.229 e. The van der Waals surface area contributed by atoms with Crippen LogP contribution >= 0.6 is 11.8 Å². The monoisotopic (exact) mass is 276 g/mol. The van der Waals surface area contributed by atoms with E-state index in [2.05, 4.69) is 15.1 Å². The van der Waals surface area contributed by atoms with Crippen LogP contribution < -0.4 is 0 Å². The van der Waals surface area contributed by atoms with Crippen LogP contribution in [0.4, 0.5) is 13.2 Å². The minimum Gasteiger partial charge on any atom is -0.229 e. The van der Waals surface area contributed by atoms with E-state index in [4.69, 9.17) is 0 Å². The Kier molecular flexibility index (Phi) is 3.00. The molecule has 0 atom stereocenters. The van der Waals surface area contributed by atoms with Crippen LogP contribution in [0.3, 0.4) is 0 Å². The molecule has 0 saturated carbocycles. The van der Waals surface area contributed by atoms with E-state index in [-0.39, 0.29) is 22.2 Å². The second-order valence-corrected chi connectivity index (χ2v) is 5.85. The van der Waals surface area contributed by atoms with Crippen molar-refractivity contribution >= 4 is 17.4 Å². The molecular weight excluding hydrogens is 265 g/mol. The molecule has 0 saturated heterocycles. The maximum absolute atomic E-state index is 12.2. The summed E-state index contributed by atoms with van der Waals surface area (Å²) in [6.07, 6.45) is 1.24. The highest BCUT2D eigenvalue weighted by atomic mass is 32.2. The third kappa shape index (κ3) is 2.92. The second-order valence-electron chi connectivity index (χ2n) is 4.76. The number of thioether (sulfide) groups is 1. The van der Waals surface area contributed by atoms with Crippen molar-refractivity contribution in [3.63, 3.8) is 0 Å². The Hall–Kier alpha value is -1.31. The molecule has 0 aliphatic heterocycles. The Bertz CT molecular complexity index is 570. The van der Waals surface area contributed by atoms with Gasteiger partial charge >= 0.3 is 5.51 Å². The summed E-state index contributed by atoms with van der Waals surface area (Å²) >= 11 is -0.260. The van der Waals surface area contributed by atoms with Crippen molar-refractivity contribution in [2.24, 2.45) is 0 Å². The molecule has 18 heavy (non-hydrogen) atoms. The predicted octanol–water partition coefficient (Wildman–Crippen LogP) is 3.03. The van der Waals surface area contributed by atoms with E-state index in [0.29, 0.717) is 11.5 Å². The average molecular weight is 276 g/mol. The van der Waals surface area contributed by atoms with Gasteiger partial charge in [-0.2, -0.15) is 13.2 Å². The summed E-state index contributed by atoms with van der Waals surface area (Å²) in [4.78, 5) is 7.90. The zero-order chi connectivity index (χ0) is 13.6. The van der Waals surface area contributed by atoms with Gasteiger partial charge in [0.1, 0.15) is 11.4 Å². The SMILES string of the molecule is CC(C)(C)c1nc2cc(SC(F)(F)F)ncn2n1. The number of halogens is 3. The van der Waals surface area contributed by atoms with E-state index in [1.54, 1.807) is 0 Å². The summed E-state index contributed by atoms with van der Waals surface area (Å²) in [5, 5.41) is 4.04. The molecule has 8 heteroatoms. The van der Waals surface area contributed by atoms with Crippen LogP contribution in [0.25, 0.3) is 5.65 Å². The molecule has 2 rings (SSSR count). The molecular formula is C10H11F3N4S. The van der Waals surface area contributed by atoms with Crippen LogP contribution in [0, 0.1) is 0 Å². The lowest BCUT2D eigenvalue weighted by atomic mass is 9.96. The first-order valence-electron chi connectivity index (χ1n) is 5.14. The fraction of sp³-hybridized carbons (Fsp3) is 0.500. The molecule has 98 valence electrons. The lowest BCUT2D eigenvalue weighted by molar-refractivity contribution is -0.0329. The van der Waals surface area contributed by atoms with Crippen LogP contribution in [-0.2, 0) is 5.41 Å². The number of rotatable bonds is 1. The minimum atomic E-state index is -4.35. The van der Waals surface area contributed by atoms with Crippen molar-refractivity contribution in [3.8, 4) is 0 Å². The van der Waals surface area contributed by atoms with Gasteiger partial charge in [0.05, 0.1) is 0 Å². The molecule has 2 aromatic rings. The number of nitrogens with zero attached hydrogens (tertiary/aromatic N) is 4. The summed E-state index contributed by atoms with van der Waals surface area (Å²) in [7, 11) is 0. The van der Waals surface area contributed by atoms with Gasteiger partial charge in [-0.15, -0.1) is 5.10 Å². The van der Waals surface area contributed by atoms with Gasteiger partial charge in [-0.1, -0.05) is 20.8 Å².